The molecule has 0 saturated heterocycles. The standard InChI is InChI=1S/C44H23N3O2/c48-43-28-12-3-7-18-35(28)46-38-23-39-32(22-31(38)26-14-9-15-30(43)41(26)46)27-20-21-37(40-42(27)47(39)36-19-8-4-13-29(36)44(40)49)45-33-16-5-1-10-24(33)25-11-2-6-17-34(25)45/h1-23H. The number of benzene rings is 7. The molecule has 0 unspecified atom stereocenters. The molecule has 0 fully saturated rings. The van der Waals surface area contributed by atoms with Gasteiger partial charge in [-0.05, 0) is 60.7 Å². The van der Waals surface area contributed by atoms with Crippen molar-refractivity contribution < 1.29 is 0 Å². The molecule has 12 aromatic rings. The maximum Gasteiger partial charge on any atom is 0.199 e. The number of hydrogen-bond donors (Lipinski definition) is 0. The number of aromatic nitrogens is 3. The molecule has 12 rings (SSSR count). The molecule has 226 valence electrons. The predicted molar refractivity (Wildman–Crippen MR) is 203 cm³/mol. The zero-order chi connectivity index (χ0) is 32.1. The molecule has 5 aromatic heterocycles. The molecule has 0 atom stereocenters. The number of hydrogen-bond acceptors (Lipinski definition) is 2. The zero-order valence-electron chi connectivity index (χ0n) is 25.9. The zero-order valence-corrected chi connectivity index (χ0v) is 25.9. The van der Waals surface area contributed by atoms with Crippen LogP contribution in [0, 0.1) is 0 Å². The van der Waals surface area contributed by atoms with Gasteiger partial charge in [0.25, 0.3) is 0 Å². The van der Waals surface area contributed by atoms with Gasteiger partial charge in [-0.2, -0.15) is 0 Å². The topological polar surface area (TPSA) is 47.9 Å². The van der Waals surface area contributed by atoms with Crippen LogP contribution in [0.4, 0.5) is 0 Å². The van der Waals surface area contributed by atoms with Gasteiger partial charge < -0.3 is 13.4 Å². The molecule has 7 aromatic carbocycles. The normalized spacial score (nSPS) is 12.7. The largest absolute Gasteiger partial charge is 0.308 e. The Balaban J connectivity index is 1.34. The van der Waals surface area contributed by atoms with Gasteiger partial charge in [-0.15, -0.1) is 0 Å². The smallest absolute Gasteiger partial charge is 0.199 e. The molecule has 0 aliphatic rings. The first-order valence-corrected chi connectivity index (χ1v) is 16.5. The lowest BCUT2D eigenvalue weighted by Crippen LogP contribution is -2.10. The first-order chi connectivity index (χ1) is 24.2. The van der Waals surface area contributed by atoms with Gasteiger partial charge in [0.2, 0.25) is 0 Å². The van der Waals surface area contributed by atoms with Crippen molar-refractivity contribution in [1.82, 2.24) is 13.4 Å². The van der Waals surface area contributed by atoms with Crippen molar-refractivity contribution in [2.75, 3.05) is 0 Å². The van der Waals surface area contributed by atoms with Gasteiger partial charge in [-0.25, -0.2) is 0 Å². The van der Waals surface area contributed by atoms with E-state index in [-0.39, 0.29) is 10.9 Å². The summed E-state index contributed by atoms with van der Waals surface area (Å²) in [6.45, 7) is 0. The lowest BCUT2D eigenvalue weighted by atomic mass is 10.0. The summed E-state index contributed by atoms with van der Waals surface area (Å²) in [5, 5.41) is 9.36. The van der Waals surface area contributed by atoms with Crippen molar-refractivity contribution in [1.29, 1.82) is 0 Å². The second kappa shape index (κ2) is 8.59. The van der Waals surface area contributed by atoms with Crippen molar-refractivity contribution in [3.63, 3.8) is 0 Å². The lowest BCUT2D eigenvalue weighted by Gasteiger charge is -2.13. The van der Waals surface area contributed by atoms with Crippen LogP contribution in [0.15, 0.2) is 149 Å². The van der Waals surface area contributed by atoms with E-state index < -0.39 is 0 Å². The second-order valence-electron chi connectivity index (χ2n) is 13.2. The molecular formula is C44H23N3O2. The molecule has 0 aliphatic heterocycles. The van der Waals surface area contributed by atoms with Crippen molar-refractivity contribution in [3.8, 4) is 5.69 Å². The second-order valence-corrected chi connectivity index (χ2v) is 13.2. The third-order valence-electron chi connectivity index (χ3n) is 10.9. The average Bonchev–Trinajstić information content (AvgIpc) is 3.78. The highest BCUT2D eigenvalue weighted by Crippen LogP contribution is 2.42. The fourth-order valence-electron chi connectivity index (χ4n) is 8.93. The molecular weight excluding hydrogens is 603 g/mol. The van der Waals surface area contributed by atoms with Crippen LogP contribution in [-0.4, -0.2) is 13.4 Å². The highest BCUT2D eigenvalue weighted by molar-refractivity contribution is 6.25. The van der Waals surface area contributed by atoms with E-state index in [1.54, 1.807) is 0 Å². The molecule has 0 aliphatic carbocycles. The van der Waals surface area contributed by atoms with Gasteiger partial charge in [0, 0.05) is 48.5 Å². The first-order valence-electron chi connectivity index (χ1n) is 16.5. The molecule has 0 radical (unpaired) electrons. The summed E-state index contributed by atoms with van der Waals surface area (Å²) in [6.07, 6.45) is 0. The summed E-state index contributed by atoms with van der Waals surface area (Å²) in [6, 6.07) is 47.6. The molecule has 0 N–H and O–H groups in total. The van der Waals surface area contributed by atoms with Gasteiger partial charge >= 0.3 is 0 Å². The van der Waals surface area contributed by atoms with Gasteiger partial charge in [0.05, 0.1) is 55.2 Å². The van der Waals surface area contributed by atoms with E-state index in [0.717, 1.165) is 87.5 Å². The molecule has 49 heavy (non-hydrogen) atoms. The number of pyridine rings is 2. The van der Waals surface area contributed by atoms with E-state index in [1.165, 1.54) is 0 Å². The summed E-state index contributed by atoms with van der Waals surface area (Å²) < 4.78 is 6.80. The Bertz CT molecular complexity index is 3500. The Morgan fingerprint density at radius 1 is 0.327 bits per heavy atom. The Morgan fingerprint density at radius 2 is 0.816 bits per heavy atom. The third-order valence-corrected chi connectivity index (χ3v) is 10.9. The summed E-state index contributed by atoms with van der Waals surface area (Å²) >= 11 is 0. The Labute approximate surface area is 276 Å². The SMILES string of the molecule is O=c1c2ccccc2n2c3cc4c(cc3c3cccc1c32)c1ccc(-n2c3ccccc3c3ccccc32)c2c(=O)c3ccccc3n4c21. The monoisotopic (exact) mass is 625 g/mol. The summed E-state index contributed by atoms with van der Waals surface area (Å²) in [5.41, 5.74) is 8.79. The Hall–Kier alpha value is -6.72. The summed E-state index contributed by atoms with van der Waals surface area (Å²) in [4.78, 5) is 28.5. The van der Waals surface area contributed by atoms with Gasteiger partial charge in [-0.3, -0.25) is 9.59 Å². The summed E-state index contributed by atoms with van der Waals surface area (Å²) in [5.74, 6) is 0. The minimum Gasteiger partial charge on any atom is -0.308 e. The number of rotatable bonds is 1. The molecule has 0 bridgehead atoms. The fraction of sp³-hybridized carbons (Fsp3) is 0. The van der Waals surface area contributed by atoms with Gasteiger partial charge in [0.15, 0.2) is 10.9 Å². The van der Waals surface area contributed by atoms with Crippen LogP contribution in [0.2, 0.25) is 0 Å². The van der Waals surface area contributed by atoms with Crippen LogP contribution in [0.1, 0.15) is 0 Å². The van der Waals surface area contributed by atoms with Crippen LogP contribution in [0.3, 0.4) is 0 Å². The minimum absolute atomic E-state index is 0.0272. The van der Waals surface area contributed by atoms with E-state index in [2.05, 4.69) is 98.3 Å². The summed E-state index contributed by atoms with van der Waals surface area (Å²) in [7, 11) is 0. The molecule has 5 nitrogen and oxygen atoms in total. The van der Waals surface area contributed by atoms with Crippen LogP contribution in [0.5, 0.6) is 0 Å². The maximum atomic E-state index is 14.8. The number of nitrogens with zero attached hydrogens (tertiary/aromatic N) is 3. The van der Waals surface area contributed by atoms with Crippen LogP contribution in [0.25, 0.3) is 104 Å². The van der Waals surface area contributed by atoms with E-state index in [0.29, 0.717) is 16.2 Å². The highest BCUT2D eigenvalue weighted by Gasteiger charge is 2.24. The third kappa shape index (κ3) is 2.90. The highest BCUT2D eigenvalue weighted by atomic mass is 16.1. The van der Waals surface area contributed by atoms with Crippen molar-refractivity contribution in [2.45, 2.75) is 0 Å². The Morgan fingerprint density at radius 3 is 1.47 bits per heavy atom. The predicted octanol–water partition coefficient (Wildman–Crippen LogP) is 9.80. The van der Waals surface area contributed by atoms with E-state index in [9.17, 15) is 9.59 Å². The minimum atomic E-state index is 0.0272. The number of fused-ring (bicyclic) bond motifs is 13. The molecule has 5 heteroatoms. The van der Waals surface area contributed by atoms with E-state index in [4.69, 9.17) is 0 Å². The van der Waals surface area contributed by atoms with Crippen LogP contribution in [-0.2, 0) is 0 Å². The Kier molecular flexibility index (Phi) is 4.45. The number of para-hydroxylation sites is 5. The van der Waals surface area contributed by atoms with Crippen molar-refractivity contribution in [3.05, 3.63) is 160 Å². The average molecular weight is 626 g/mol. The maximum absolute atomic E-state index is 14.8. The lowest BCUT2D eigenvalue weighted by molar-refractivity contribution is 1.19. The quantitative estimate of drug-likeness (QED) is 0.171. The van der Waals surface area contributed by atoms with Crippen molar-refractivity contribution >= 4 is 98.0 Å². The molecule has 0 spiro atoms. The fourth-order valence-corrected chi connectivity index (χ4v) is 8.93. The molecule has 0 amide bonds. The van der Waals surface area contributed by atoms with Crippen molar-refractivity contribution in [2.24, 2.45) is 0 Å². The van der Waals surface area contributed by atoms with Gasteiger partial charge in [0.1, 0.15) is 0 Å². The molecule has 0 saturated carbocycles. The van der Waals surface area contributed by atoms with E-state index >= 15 is 0 Å². The van der Waals surface area contributed by atoms with Gasteiger partial charge in [-0.1, -0.05) is 78.9 Å². The van der Waals surface area contributed by atoms with E-state index in [1.807, 2.05) is 54.6 Å². The van der Waals surface area contributed by atoms with Crippen LogP contribution >= 0.6 is 0 Å². The van der Waals surface area contributed by atoms with Crippen LogP contribution < -0.4 is 10.9 Å². The molecule has 5 heterocycles. The first kappa shape index (κ1) is 25.4.